The number of allylic oxidation sites excluding steroid dienone is 3. The second-order valence-corrected chi connectivity index (χ2v) is 3.33. The molecule has 0 saturated heterocycles. The predicted octanol–water partition coefficient (Wildman–Crippen LogP) is 3.80. The average molecular weight is 174 g/mol. The van der Waals surface area contributed by atoms with Gasteiger partial charge in [0.05, 0.1) is 0 Å². The molecule has 0 aromatic heterocycles. The molecule has 0 spiro atoms. The zero-order chi connectivity index (χ0) is 9.94. The summed E-state index contributed by atoms with van der Waals surface area (Å²) in [6.07, 6.45) is 1.51. The van der Waals surface area contributed by atoms with E-state index in [1.165, 1.54) is 13.0 Å². The van der Waals surface area contributed by atoms with Crippen molar-refractivity contribution in [1.29, 1.82) is 0 Å². The van der Waals surface area contributed by atoms with E-state index in [1.807, 2.05) is 13.8 Å². The number of hydrogen-bond acceptors (Lipinski definition) is 0. The summed E-state index contributed by atoms with van der Waals surface area (Å²) in [4.78, 5) is 0. The molecule has 0 aromatic carbocycles. The molecule has 0 nitrogen and oxygen atoms in total. The van der Waals surface area contributed by atoms with Crippen LogP contribution in [0.25, 0.3) is 0 Å². The van der Waals surface area contributed by atoms with Gasteiger partial charge >= 0.3 is 0 Å². The fourth-order valence-electron chi connectivity index (χ4n) is 1.08. The molecule has 12 heavy (non-hydrogen) atoms. The second kappa shape index (κ2) is 3.83. The van der Waals surface area contributed by atoms with E-state index in [0.717, 1.165) is 6.92 Å². The third-order valence-corrected chi connectivity index (χ3v) is 1.93. The van der Waals surface area contributed by atoms with Crippen LogP contribution in [0.3, 0.4) is 0 Å². The van der Waals surface area contributed by atoms with Crippen LogP contribution in [-0.4, -0.2) is 5.92 Å². The number of halogens is 2. The topological polar surface area (TPSA) is 0 Å². The highest BCUT2D eigenvalue weighted by atomic mass is 19.3. The van der Waals surface area contributed by atoms with Gasteiger partial charge in [0.15, 0.2) is 0 Å². The van der Waals surface area contributed by atoms with Gasteiger partial charge in [-0.1, -0.05) is 26.5 Å². The Morgan fingerprint density at radius 2 is 1.83 bits per heavy atom. The minimum atomic E-state index is -2.73. The third-order valence-electron chi connectivity index (χ3n) is 1.93. The molecule has 2 heteroatoms. The van der Waals surface area contributed by atoms with Crippen molar-refractivity contribution in [2.24, 2.45) is 5.92 Å². The third kappa shape index (κ3) is 2.76. The van der Waals surface area contributed by atoms with Gasteiger partial charge in [-0.3, -0.25) is 0 Å². The first kappa shape index (κ1) is 11.3. The standard InChI is InChI=1S/C10H16F2/c1-6-9(7(2)3)8(4)10(5,11)12/h6-7H,1H2,2-5H3/b9-8-. The van der Waals surface area contributed by atoms with Crippen LogP contribution in [0.4, 0.5) is 8.78 Å². The summed E-state index contributed by atoms with van der Waals surface area (Å²) in [6.45, 7) is 9.65. The molecule has 0 aliphatic carbocycles. The maximum absolute atomic E-state index is 12.8. The van der Waals surface area contributed by atoms with Gasteiger partial charge < -0.3 is 0 Å². The van der Waals surface area contributed by atoms with Gasteiger partial charge in [0.2, 0.25) is 0 Å². The zero-order valence-corrected chi connectivity index (χ0v) is 8.12. The van der Waals surface area contributed by atoms with Crippen molar-refractivity contribution < 1.29 is 8.78 Å². The molecule has 70 valence electrons. The second-order valence-electron chi connectivity index (χ2n) is 3.33. The van der Waals surface area contributed by atoms with Gasteiger partial charge in [-0.25, -0.2) is 8.78 Å². The molecule has 0 aromatic rings. The highest BCUT2D eigenvalue weighted by Crippen LogP contribution is 2.28. The Morgan fingerprint density at radius 1 is 1.42 bits per heavy atom. The lowest BCUT2D eigenvalue weighted by molar-refractivity contribution is 0.0620. The number of hydrogen-bond donors (Lipinski definition) is 0. The molecule has 0 aliphatic rings. The Morgan fingerprint density at radius 3 is 1.92 bits per heavy atom. The molecule has 0 bridgehead atoms. The van der Waals surface area contributed by atoms with Crippen LogP contribution in [0, 0.1) is 5.92 Å². The summed E-state index contributed by atoms with van der Waals surface area (Å²) in [5.74, 6) is -2.62. The molecule has 0 atom stereocenters. The van der Waals surface area contributed by atoms with Gasteiger partial charge in [0, 0.05) is 6.92 Å². The summed E-state index contributed by atoms with van der Waals surface area (Å²) in [5, 5.41) is 0. The Balaban J connectivity index is 4.98. The summed E-state index contributed by atoms with van der Waals surface area (Å²) in [5.41, 5.74) is 0.759. The van der Waals surface area contributed by atoms with Gasteiger partial charge in [0.25, 0.3) is 5.92 Å². The van der Waals surface area contributed by atoms with Crippen molar-refractivity contribution in [3.8, 4) is 0 Å². The van der Waals surface area contributed by atoms with Crippen molar-refractivity contribution in [1.82, 2.24) is 0 Å². The monoisotopic (exact) mass is 174 g/mol. The number of rotatable bonds is 3. The molecular weight excluding hydrogens is 158 g/mol. The smallest absolute Gasteiger partial charge is 0.202 e. The van der Waals surface area contributed by atoms with Gasteiger partial charge in [0.1, 0.15) is 0 Å². The van der Waals surface area contributed by atoms with Crippen molar-refractivity contribution in [2.45, 2.75) is 33.6 Å². The molecule has 0 unspecified atom stereocenters. The largest absolute Gasteiger partial charge is 0.266 e. The molecule has 0 radical (unpaired) electrons. The first-order valence-electron chi connectivity index (χ1n) is 4.02. The van der Waals surface area contributed by atoms with E-state index in [9.17, 15) is 8.78 Å². The van der Waals surface area contributed by atoms with Crippen molar-refractivity contribution >= 4 is 0 Å². The van der Waals surface area contributed by atoms with E-state index in [1.54, 1.807) is 0 Å². The minimum absolute atomic E-state index is 0.105. The van der Waals surface area contributed by atoms with Crippen molar-refractivity contribution in [3.05, 3.63) is 23.8 Å². The Kier molecular flexibility index (Phi) is 3.62. The van der Waals surface area contributed by atoms with Crippen LogP contribution in [0.2, 0.25) is 0 Å². The molecule has 0 N–H and O–H groups in total. The molecule has 0 amide bonds. The maximum Gasteiger partial charge on any atom is 0.266 e. The lowest BCUT2D eigenvalue weighted by Gasteiger charge is -2.17. The van der Waals surface area contributed by atoms with Gasteiger partial charge in [-0.05, 0) is 24.0 Å². The predicted molar refractivity (Wildman–Crippen MR) is 48.4 cm³/mol. The first-order valence-corrected chi connectivity index (χ1v) is 4.02. The van der Waals surface area contributed by atoms with Crippen LogP contribution in [0.5, 0.6) is 0 Å². The summed E-state index contributed by atoms with van der Waals surface area (Å²) >= 11 is 0. The Hall–Kier alpha value is -0.660. The van der Waals surface area contributed by atoms with E-state index >= 15 is 0 Å². The summed E-state index contributed by atoms with van der Waals surface area (Å²) in [7, 11) is 0. The fourth-order valence-corrected chi connectivity index (χ4v) is 1.08. The van der Waals surface area contributed by atoms with Crippen molar-refractivity contribution in [3.63, 3.8) is 0 Å². The van der Waals surface area contributed by atoms with E-state index in [2.05, 4.69) is 6.58 Å². The Bertz CT molecular complexity index is 194. The van der Waals surface area contributed by atoms with Crippen LogP contribution < -0.4 is 0 Å². The van der Waals surface area contributed by atoms with E-state index in [-0.39, 0.29) is 11.5 Å². The SMILES string of the molecule is C=C/C(=C(\C)C(C)(F)F)C(C)C. The number of alkyl halides is 2. The molecule has 0 aliphatic heterocycles. The van der Waals surface area contributed by atoms with Crippen LogP contribution in [-0.2, 0) is 0 Å². The Labute approximate surface area is 73.0 Å². The van der Waals surface area contributed by atoms with E-state index in [0.29, 0.717) is 5.57 Å². The van der Waals surface area contributed by atoms with Gasteiger partial charge in [-0.15, -0.1) is 0 Å². The molecule has 0 rings (SSSR count). The molecule has 0 fully saturated rings. The van der Waals surface area contributed by atoms with Crippen LogP contribution >= 0.6 is 0 Å². The highest BCUT2D eigenvalue weighted by molar-refractivity contribution is 5.28. The maximum atomic E-state index is 12.8. The average Bonchev–Trinajstić information content (AvgIpc) is 1.86. The molecular formula is C10H16F2. The van der Waals surface area contributed by atoms with Crippen molar-refractivity contribution in [2.75, 3.05) is 0 Å². The molecule has 0 saturated carbocycles. The first-order chi connectivity index (χ1) is 5.30. The van der Waals surface area contributed by atoms with Gasteiger partial charge in [-0.2, -0.15) is 0 Å². The molecule has 0 heterocycles. The fraction of sp³-hybridized carbons (Fsp3) is 0.600. The zero-order valence-electron chi connectivity index (χ0n) is 8.12. The minimum Gasteiger partial charge on any atom is -0.202 e. The van der Waals surface area contributed by atoms with Crippen LogP contribution in [0.1, 0.15) is 27.7 Å². The van der Waals surface area contributed by atoms with E-state index in [4.69, 9.17) is 0 Å². The lowest BCUT2D eigenvalue weighted by atomic mass is 9.95. The van der Waals surface area contributed by atoms with Crippen LogP contribution in [0.15, 0.2) is 23.8 Å². The summed E-state index contributed by atoms with van der Waals surface area (Å²) < 4.78 is 25.6. The van der Waals surface area contributed by atoms with E-state index < -0.39 is 5.92 Å². The quantitative estimate of drug-likeness (QED) is 0.571. The highest BCUT2D eigenvalue weighted by Gasteiger charge is 2.26. The lowest BCUT2D eigenvalue weighted by Crippen LogP contribution is -2.14. The summed E-state index contributed by atoms with van der Waals surface area (Å²) in [6, 6.07) is 0. The normalized spacial score (nSPS) is 14.6.